The van der Waals surface area contributed by atoms with Crippen LogP contribution in [0.2, 0.25) is 0 Å². The van der Waals surface area contributed by atoms with Crippen molar-refractivity contribution in [3.05, 3.63) is 23.9 Å². The molecule has 1 N–H and O–H groups in total. The Labute approximate surface area is 55.3 Å². The van der Waals surface area contributed by atoms with Crippen molar-refractivity contribution in [1.29, 1.82) is 0 Å². The first-order chi connectivity index (χ1) is 4.31. The van der Waals surface area contributed by atoms with E-state index in [0.29, 0.717) is 0 Å². The molecule has 0 heterocycles. The Bertz CT molecular complexity index is 116. The number of hydrogen-bond donors (Lipinski definition) is 1. The predicted octanol–water partition coefficient (Wildman–Crippen LogP) is 1.64. The van der Waals surface area contributed by atoms with Crippen molar-refractivity contribution in [3.63, 3.8) is 0 Å². The lowest BCUT2D eigenvalue weighted by atomic mass is 10.3. The lowest BCUT2D eigenvalue weighted by Gasteiger charge is -1.89. The fourth-order valence-electron chi connectivity index (χ4n) is 0.506. The smallest absolute Gasteiger partial charge is 0.108 e. The molecule has 0 fully saturated rings. The van der Waals surface area contributed by atoms with Gasteiger partial charge in [0, 0.05) is 7.05 Å². The van der Waals surface area contributed by atoms with Crippen LogP contribution in [0.3, 0.4) is 0 Å². The van der Waals surface area contributed by atoms with Gasteiger partial charge in [-0.25, -0.2) is 4.39 Å². The van der Waals surface area contributed by atoms with Gasteiger partial charge in [-0.15, -0.1) is 0 Å². The van der Waals surface area contributed by atoms with Crippen molar-refractivity contribution in [2.24, 2.45) is 0 Å². The zero-order valence-electron chi connectivity index (χ0n) is 5.82. The first-order valence-corrected chi connectivity index (χ1v) is 2.87. The molecule has 0 saturated heterocycles. The molecular formula is C7H12FN. The monoisotopic (exact) mass is 129 g/mol. The molecule has 0 spiro atoms. The van der Waals surface area contributed by atoms with Gasteiger partial charge in [0.1, 0.15) is 6.67 Å². The zero-order chi connectivity index (χ0) is 7.11. The largest absolute Gasteiger partial charge is 0.394 e. The molecule has 0 saturated carbocycles. The third-order valence-electron chi connectivity index (χ3n) is 0.842. The van der Waals surface area contributed by atoms with Gasteiger partial charge in [-0.3, -0.25) is 0 Å². The molecule has 1 nitrogen and oxygen atoms in total. The summed E-state index contributed by atoms with van der Waals surface area (Å²) in [5.74, 6) is 0. The topological polar surface area (TPSA) is 12.0 Å². The fraction of sp³-hybridized carbons (Fsp3) is 0.429. The Morgan fingerprint density at radius 3 is 2.78 bits per heavy atom. The number of nitrogens with one attached hydrogen (secondary N) is 1. The van der Waals surface area contributed by atoms with Crippen LogP contribution in [0.25, 0.3) is 0 Å². The summed E-state index contributed by atoms with van der Waals surface area (Å²) >= 11 is 0. The molecule has 0 aromatic carbocycles. The Hall–Kier alpha value is -0.790. The van der Waals surface area contributed by atoms with Gasteiger partial charge in [0.05, 0.1) is 0 Å². The van der Waals surface area contributed by atoms with Crippen LogP contribution < -0.4 is 5.32 Å². The molecule has 52 valence electrons. The Morgan fingerprint density at radius 2 is 2.33 bits per heavy atom. The number of halogens is 1. The van der Waals surface area contributed by atoms with Crippen molar-refractivity contribution in [2.75, 3.05) is 13.7 Å². The second kappa shape index (κ2) is 5.35. The molecule has 0 amide bonds. The van der Waals surface area contributed by atoms with Crippen molar-refractivity contribution in [1.82, 2.24) is 5.32 Å². The average molecular weight is 129 g/mol. The molecule has 9 heavy (non-hydrogen) atoms. The number of hydrogen-bond acceptors (Lipinski definition) is 1. The van der Waals surface area contributed by atoms with E-state index >= 15 is 0 Å². The predicted molar refractivity (Wildman–Crippen MR) is 37.9 cm³/mol. The van der Waals surface area contributed by atoms with E-state index in [1.54, 1.807) is 6.08 Å². The highest BCUT2D eigenvalue weighted by atomic mass is 19.1. The molecule has 0 aromatic rings. The standard InChI is InChI=1S/C7H12FN/c1-7(6-9-2)4-3-5-8/h3-4,6,9H,5H2,1-2H3/b4-3-,7-6-. The third kappa shape index (κ3) is 5.07. The van der Waals surface area contributed by atoms with Gasteiger partial charge in [0.25, 0.3) is 0 Å². The summed E-state index contributed by atoms with van der Waals surface area (Å²) in [6.07, 6.45) is 5.02. The maximum Gasteiger partial charge on any atom is 0.108 e. The maximum absolute atomic E-state index is 11.5. The summed E-state index contributed by atoms with van der Waals surface area (Å²) in [6, 6.07) is 0. The average Bonchev–Trinajstić information content (AvgIpc) is 1.85. The van der Waals surface area contributed by atoms with Gasteiger partial charge in [0.15, 0.2) is 0 Å². The molecule has 0 unspecified atom stereocenters. The van der Waals surface area contributed by atoms with Crippen LogP contribution in [0.4, 0.5) is 4.39 Å². The summed E-state index contributed by atoms with van der Waals surface area (Å²) in [5.41, 5.74) is 1.02. The van der Waals surface area contributed by atoms with Crippen LogP contribution in [0, 0.1) is 0 Å². The highest BCUT2D eigenvalue weighted by Crippen LogP contribution is 1.91. The molecule has 0 rings (SSSR count). The van der Waals surface area contributed by atoms with Gasteiger partial charge < -0.3 is 5.32 Å². The molecule has 0 radical (unpaired) electrons. The van der Waals surface area contributed by atoms with Crippen molar-refractivity contribution in [3.8, 4) is 0 Å². The summed E-state index contributed by atoms with van der Waals surface area (Å²) in [7, 11) is 1.81. The van der Waals surface area contributed by atoms with E-state index in [1.807, 2.05) is 20.2 Å². The van der Waals surface area contributed by atoms with Crippen molar-refractivity contribution in [2.45, 2.75) is 6.92 Å². The van der Waals surface area contributed by atoms with Crippen LogP contribution in [-0.2, 0) is 0 Å². The van der Waals surface area contributed by atoms with Crippen LogP contribution in [-0.4, -0.2) is 13.7 Å². The van der Waals surface area contributed by atoms with Gasteiger partial charge in [-0.05, 0) is 18.7 Å². The fourth-order valence-corrected chi connectivity index (χ4v) is 0.506. The molecule has 0 aromatic heterocycles. The zero-order valence-corrected chi connectivity index (χ0v) is 5.82. The molecule has 0 aliphatic heterocycles. The minimum absolute atomic E-state index is 0.394. The SMILES string of the molecule is CN/C=C(C)\C=C/CF. The molecule has 0 aliphatic carbocycles. The quantitative estimate of drug-likeness (QED) is 0.571. The lowest BCUT2D eigenvalue weighted by molar-refractivity contribution is 0.561. The van der Waals surface area contributed by atoms with E-state index < -0.39 is 6.67 Å². The summed E-state index contributed by atoms with van der Waals surface area (Å²) < 4.78 is 11.5. The van der Waals surface area contributed by atoms with E-state index in [4.69, 9.17) is 0 Å². The Balaban J connectivity index is 3.60. The minimum Gasteiger partial charge on any atom is -0.394 e. The Kier molecular flexibility index (Phi) is 4.88. The van der Waals surface area contributed by atoms with Crippen molar-refractivity contribution >= 4 is 0 Å². The van der Waals surface area contributed by atoms with Gasteiger partial charge in [-0.1, -0.05) is 12.2 Å². The maximum atomic E-state index is 11.5. The van der Waals surface area contributed by atoms with E-state index in [1.165, 1.54) is 6.08 Å². The number of alkyl halides is 1. The highest BCUT2D eigenvalue weighted by molar-refractivity contribution is 5.14. The van der Waals surface area contributed by atoms with Gasteiger partial charge in [0.2, 0.25) is 0 Å². The first-order valence-electron chi connectivity index (χ1n) is 2.87. The van der Waals surface area contributed by atoms with Crippen LogP contribution in [0.15, 0.2) is 23.9 Å². The van der Waals surface area contributed by atoms with Crippen molar-refractivity contribution < 1.29 is 4.39 Å². The van der Waals surface area contributed by atoms with E-state index in [0.717, 1.165) is 5.57 Å². The second-order valence-corrected chi connectivity index (χ2v) is 1.73. The highest BCUT2D eigenvalue weighted by Gasteiger charge is 1.76. The first kappa shape index (κ1) is 8.21. The van der Waals surface area contributed by atoms with E-state index in [9.17, 15) is 4.39 Å². The summed E-state index contributed by atoms with van der Waals surface area (Å²) in [6.45, 7) is 1.51. The molecule has 2 heteroatoms. The van der Waals surface area contributed by atoms with Crippen LogP contribution >= 0.6 is 0 Å². The van der Waals surface area contributed by atoms with E-state index in [2.05, 4.69) is 5.32 Å². The summed E-state index contributed by atoms with van der Waals surface area (Å²) in [5, 5.41) is 2.84. The summed E-state index contributed by atoms with van der Waals surface area (Å²) in [4.78, 5) is 0. The van der Waals surface area contributed by atoms with E-state index in [-0.39, 0.29) is 0 Å². The Morgan fingerprint density at radius 1 is 1.67 bits per heavy atom. The molecule has 0 bridgehead atoms. The molecule has 0 aliphatic rings. The third-order valence-corrected chi connectivity index (χ3v) is 0.842. The minimum atomic E-state index is -0.394. The number of rotatable bonds is 3. The van der Waals surface area contributed by atoms with Gasteiger partial charge in [-0.2, -0.15) is 0 Å². The number of allylic oxidation sites excluding steroid dienone is 3. The lowest BCUT2D eigenvalue weighted by Crippen LogP contribution is -1.92. The normalized spacial score (nSPS) is 12.6. The molecular weight excluding hydrogens is 117 g/mol. The van der Waals surface area contributed by atoms with Crippen LogP contribution in [0.1, 0.15) is 6.92 Å². The van der Waals surface area contributed by atoms with Crippen LogP contribution in [0.5, 0.6) is 0 Å². The second-order valence-electron chi connectivity index (χ2n) is 1.73. The molecule has 0 atom stereocenters. The van der Waals surface area contributed by atoms with Gasteiger partial charge >= 0.3 is 0 Å².